The molecule has 0 fully saturated rings. The molecule has 2 aromatic heterocycles. The number of rotatable bonds is 6. The number of nitrogens with one attached hydrogen (secondary N) is 2. The zero-order valence-corrected chi connectivity index (χ0v) is 16.5. The Morgan fingerprint density at radius 1 is 1.27 bits per heavy atom. The second-order valence-corrected chi connectivity index (χ2v) is 7.94. The summed E-state index contributed by atoms with van der Waals surface area (Å²) in [6.07, 6.45) is 1.46. The normalized spacial score (nSPS) is 10.8. The first-order chi connectivity index (χ1) is 12.3. The fourth-order valence-corrected chi connectivity index (χ4v) is 3.95. The van der Waals surface area contributed by atoms with E-state index in [0.29, 0.717) is 5.03 Å². The third-order valence-electron chi connectivity index (χ3n) is 3.29. The molecular formula is C16H20N4O4S2. The maximum Gasteiger partial charge on any atom is 0.321 e. The number of carbonyl (C=O) groups excluding carboxylic acids is 3. The lowest BCUT2D eigenvalue weighted by Gasteiger charge is -2.09. The van der Waals surface area contributed by atoms with E-state index in [2.05, 4.69) is 20.6 Å². The van der Waals surface area contributed by atoms with Crippen molar-refractivity contribution in [2.75, 3.05) is 12.4 Å². The molecular weight excluding hydrogens is 376 g/mol. The number of thiophene rings is 1. The van der Waals surface area contributed by atoms with Crippen LogP contribution in [-0.4, -0.2) is 46.3 Å². The van der Waals surface area contributed by atoms with E-state index < -0.39 is 24.5 Å². The van der Waals surface area contributed by atoms with Crippen LogP contribution in [0.5, 0.6) is 0 Å². The summed E-state index contributed by atoms with van der Waals surface area (Å²) < 4.78 is 4.89. The fourth-order valence-electron chi connectivity index (χ4n) is 2.04. The highest BCUT2D eigenvalue weighted by atomic mass is 32.2. The third kappa shape index (κ3) is 5.40. The first-order valence-electron chi connectivity index (χ1n) is 7.87. The average Bonchev–Trinajstić information content (AvgIpc) is 2.85. The van der Waals surface area contributed by atoms with E-state index in [9.17, 15) is 14.4 Å². The molecule has 2 heterocycles. The van der Waals surface area contributed by atoms with Crippen molar-refractivity contribution in [3.05, 3.63) is 16.8 Å². The van der Waals surface area contributed by atoms with Crippen molar-refractivity contribution >= 4 is 51.2 Å². The topological polar surface area (TPSA) is 110 Å². The number of aromatic nitrogens is 2. The molecule has 2 N–H and O–H groups in total. The second kappa shape index (κ2) is 8.95. The van der Waals surface area contributed by atoms with Gasteiger partial charge in [0.2, 0.25) is 0 Å². The Morgan fingerprint density at radius 2 is 2.00 bits per heavy atom. The number of thioether (sulfide) groups is 1. The van der Waals surface area contributed by atoms with Crippen LogP contribution >= 0.6 is 23.1 Å². The van der Waals surface area contributed by atoms with Gasteiger partial charge in [-0.3, -0.25) is 14.9 Å². The molecule has 26 heavy (non-hydrogen) atoms. The van der Waals surface area contributed by atoms with E-state index in [1.807, 2.05) is 13.8 Å². The summed E-state index contributed by atoms with van der Waals surface area (Å²) >= 11 is 2.81. The molecule has 0 bridgehead atoms. The summed E-state index contributed by atoms with van der Waals surface area (Å²) in [6, 6.07) is -0.724. The number of amides is 3. The van der Waals surface area contributed by atoms with Crippen molar-refractivity contribution in [3.8, 4) is 0 Å². The maximum absolute atomic E-state index is 11.8. The first kappa shape index (κ1) is 20.1. The summed E-state index contributed by atoms with van der Waals surface area (Å²) in [5, 5.41) is 6.23. The largest absolute Gasteiger partial charge is 0.455 e. The van der Waals surface area contributed by atoms with E-state index in [1.165, 1.54) is 18.1 Å². The summed E-state index contributed by atoms with van der Waals surface area (Å²) in [7, 11) is 0. The van der Waals surface area contributed by atoms with E-state index in [-0.39, 0.29) is 11.8 Å². The van der Waals surface area contributed by atoms with Crippen molar-refractivity contribution in [1.82, 2.24) is 20.6 Å². The molecule has 140 valence electrons. The minimum absolute atomic E-state index is 0.00587. The van der Waals surface area contributed by atoms with Crippen LogP contribution in [0.2, 0.25) is 0 Å². The summed E-state index contributed by atoms with van der Waals surface area (Å²) in [4.78, 5) is 45.3. The van der Waals surface area contributed by atoms with Crippen LogP contribution in [0.3, 0.4) is 0 Å². The first-order valence-corrected chi connectivity index (χ1v) is 9.67. The Balaban J connectivity index is 1.84. The van der Waals surface area contributed by atoms with Crippen LogP contribution in [0.4, 0.5) is 4.79 Å². The van der Waals surface area contributed by atoms with Crippen molar-refractivity contribution in [2.45, 2.75) is 38.8 Å². The molecule has 0 atom stereocenters. The zero-order chi connectivity index (χ0) is 19.3. The highest BCUT2D eigenvalue weighted by Gasteiger charge is 2.15. The maximum atomic E-state index is 11.8. The predicted octanol–water partition coefficient (Wildman–Crippen LogP) is 2.18. The Labute approximate surface area is 159 Å². The number of fused-ring (bicyclic) bond motifs is 1. The van der Waals surface area contributed by atoms with Crippen LogP contribution in [0, 0.1) is 13.8 Å². The number of carbonyl (C=O) groups is 3. The van der Waals surface area contributed by atoms with Gasteiger partial charge in [0.1, 0.15) is 16.2 Å². The number of hydrogen-bond acceptors (Lipinski definition) is 8. The van der Waals surface area contributed by atoms with Gasteiger partial charge in [0.05, 0.1) is 5.75 Å². The van der Waals surface area contributed by atoms with Gasteiger partial charge in [-0.2, -0.15) is 0 Å². The number of imide groups is 1. The molecule has 10 heteroatoms. The average molecular weight is 396 g/mol. The lowest BCUT2D eigenvalue weighted by molar-refractivity contribution is -0.145. The minimum Gasteiger partial charge on any atom is -0.455 e. The summed E-state index contributed by atoms with van der Waals surface area (Å²) in [5.74, 6) is -1.24. The fraction of sp³-hybridized carbons (Fsp3) is 0.438. The van der Waals surface area contributed by atoms with Crippen LogP contribution in [-0.2, 0) is 14.3 Å². The number of ether oxygens (including phenoxy) is 1. The smallest absolute Gasteiger partial charge is 0.321 e. The molecule has 0 radical (unpaired) electrons. The van der Waals surface area contributed by atoms with Gasteiger partial charge in [-0.25, -0.2) is 14.8 Å². The minimum atomic E-state index is -0.685. The number of aryl methyl sites for hydroxylation is 2. The van der Waals surface area contributed by atoms with Crippen molar-refractivity contribution in [2.24, 2.45) is 0 Å². The van der Waals surface area contributed by atoms with Crippen LogP contribution in [0.1, 0.15) is 24.3 Å². The van der Waals surface area contributed by atoms with Crippen LogP contribution in [0.15, 0.2) is 11.4 Å². The second-order valence-electron chi connectivity index (χ2n) is 5.77. The summed E-state index contributed by atoms with van der Waals surface area (Å²) in [5.41, 5.74) is 1.09. The highest BCUT2D eigenvalue weighted by Crippen LogP contribution is 2.34. The zero-order valence-electron chi connectivity index (χ0n) is 14.9. The van der Waals surface area contributed by atoms with Gasteiger partial charge in [0.25, 0.3) is 5.91 Å². The van der Waals surface area contributed by atoms with Gasteiger partial charge in [0, 0.05) is 16.3 Å². The lowest BCUT2D eigenvalue weighted by Crippen LogP contribution is -2.44. The van der Waals surface area contributed by atoms with Gasteiger partial charge in [-0.1, -0.05) is 11.8 Å². The van der Waals surface area contributed by atoms with Gasteiger partial charge in [0.15, 0.2) is 6.61 Å². The van der Waals surface area contributed by atoms with Gasteiger partial charge in [-0.05, 0) is 33.3 Å². The van der Waals surface area contributed by atoms with E-state index >= 15 is 0 Å². The van der Waals surface area contributed by atoms with Crippen molar-refractivity contribution < 1.29 is 19.1 Å². The molecule has 0 saturated carbocycles. The Hall–Kier alpha value is -2.20. The van der Waals surface area contributed by atoms with Gasteiger partial charge in [-0.15, -0.1) is 11.3 Å². The van der Waals surface area contributed by atoms with E-state index in [0.717, 1.165) is 20.7 Å². The third-order valence-corrected chi connectivity index (χ3v) is 5.37. The quantitative estimate of drug-likeness (QED) is 0.437. The van der Waals surface area contributed by atoms with Crippen molar-refractivity contribution in [3.63, 3.8) is 0 Å². The van der Waals surface area contributed by atoms with Gasteiger partial charge >= 0.3 is 12.0 Å². The lowest BCUT2D eigenvalue weighted by atomic mass is 10.2. The monoisotopic (exact) mass is 396 g/mol. The van der Waals surface area contributed by atoms with Crippen LogP contribution < -0.4 is 10.6 Å². The molecule has 0 spiro atoms. The van der Waals surface area contributed by atoms with Crippen molar-refractivity contribution in [1.29, 1.82) is 0 Å². The number of nitrogens with zero attached hydrogens (tertiary/aromatic N) is 2. The molecule has 0 aliphatic carbocycles. The highest BCUT2D eigenvalue weighted by molar-refractivity contribution is 8.00. The van der Waals surface area contributed by atoms with E-state index in [4.69, 9.17) is 4.74 Å². The molecule has 2 rings (SSSR count). The molecule has 0 aromatic carbocycles. The predicted molar refractivity (Wildman–Crippen MR) is 100 cm³/mol. The molecule has 0 unspecified atom stereocenters. The molecule has 3 amide bonds. The standard InChI is InChI=1S/C16H20N4O4S2/c1-8(2)19-16(23)20-11(21)5-24-12(22)6-25-14-13-9(3)10(4)26-15(13)18-7-17-14/h7-8H,5-6H2,1-4H3,(H2,19,20,21,23). The molecule has 0 saturated heterocycles. The number of hydrogen-bond donors (Lipinski definition) is 2. The Kier molecular flexibility index (Phi) is 6.92. The molecule has 8 nitrogen and oxygen atoms in total. The summed E-state index contributed by atoms with van der Waals surface area (Å²) in [6.45, 7) is 7.02. The molecule has 2 aromatic rings. The molecule has 0 aliphatic heterocycles. The molecule has 0 aliphatic rings. The Morgan fingerprint density at radius 3 is 2.69 bits per heavy atom. The Bertz CT molecular complexity index is 835. The van der Waals surface area contributed by atoms with E-state index in [1.54, 1.807) is 25.2 Å². The van der Waals surface area contributed by atoms with Crippen LogP contribution in [0.25, 0.3) is 10.2 Å². The number of esters is 1. The SMILES string of the molecule is Cc1sc2ncnc(SCC(=O)OCC(=O)NC(=O)NC(C)C)c2c1C. The van der Waals surface area contributed by atoms with Gasteiger partial charge < -0.3 is 10.1 Å². The number of urea groups is 1.